The molecule has 3 nitrogen and oxygen atoms in total. The lowest BCUT2D eigenvalue weighted by molar-refractivity contribution is -0.128. The summed E-state index contributed by atoms with van der Waals surface area (Å²) in [7, 11) is 0. The number of amides is 1. The molecule has 2 heterocycles. The molecule has 1 atom stereocenters. The van der Waals surface area contributed by atoms with Gasteiger partial charge in [-0.25, -0.2) is 4.98 Å². The Bertz CT molecular complexity index is 381. The molecule has 1 aliphatic heterocycles. The summed E-state index contributed by atoms with van der Waals surface area (Å²) < 4.78 is 0. The summed E-state index contributed by atoms with van der Waals surface area (Å²) >= 11 is 5.94. The van der Waals surface area contributed by atoms with E-state index in [1.807, 2.05) is 17.0 Å². The summed E-state index contributed by atoms with van der Waals surface area (Å²) in [6.07, 6.45) is 2.30. The van der Waals surface area contributed by atoms with Crippen molar-refractivity contribution in [2.45, 2.75) is 19.9 Å². The van der Waals surface area contributed by atoms with Crippen LogP contribution in [-0.4, -0.2) is 22.3 Å². The van der Waals surface area contributed by atoms with E-state index in [4.69, 9.17) is 11.6 Å². The minimum Gasteiger partial charge on any atom is -0.338 e. The van der Waals surface area contributed by atoms with Gasteiger partial charge < -0.3 is 4.90 Å². The lowest BCUT2D eigenvalue weighted by atomic mass is 10.2. The molecule has 0 radical (unpaired) electrons. The van der Waals surface area contributed by atoms with Crippen molar-refractivity contribution in [1.82, 2.24) is 9.88 Å². The second-order valence-electron chi connectivity index (χ2n) is 4.04. The number of carbonyl (C=O) groups excluding carboxylic acids is 1. The average Bonchev–Trinajstić information content (AvgIpc) is 2.49. The quantitative estimate of drug-likeness (QED) is 0.721. The number of aromatic nitrogens is 1. The second-order valence-corrected chi connectivity index (χ2v) is 4.39. The van der Waals surface area contributed by atoms with Gasteiger partial charge in [-0.05, 0) is 12.0 Å². The molecule has 15 heavy (non-hydrogen) atoms. The van der Waals surface area contributed by atoms with Gasteiger partial charge in [-0.2, -0.15) is 0 Å². The molecule has 0 saturated carbocycles. The highest BCUT2D eigenvalue weighted by molar-refractivity contribution is 6.30. The van der Waals surface area contributed by atoms with Gasteiger partial charge in [-0.1, -0.05) is 24.6 Å². The van der Waals surface area contributed by atoms with Gasteiger partial charge in [-0.3, -0.25) is 4.79 Å². The van der Waals surface area contributed by atoms with Gasteiger partial charge in [0.2, 0.25) is 5.91 Å². The normalized spacial score (nSPS) is 21.1. The van der Waals surface area contributed by atoms with Crippen LogP contribution in [-0.2, 0) is 11.3 Å². The molecule has 0 bridgehead atoms. The topological polar surface area (TPSA) is 33.2 Å². The smallest absolute Gasteiger partial charge is 0.223 e. The fourth-order valence-corrected chi connectivity index (χ4v) is 2.04. The van der Waals surface area contributed by atoms with Crippen LogP contribution in [0.15, 0.2) is 18.3 Å². The van der Waals surface area contributed by atoms with Gasteiger partial charge in [0.05, 0.1) is 0 Å². The summed E-state index contributed by atoms with van der Waals surface area (Å²) in [6.45, 7) is 3.49. The molecule has 1 aromatic heterocycles. The van der Waals surface area contributed by atoms with E-state index >= 15 is 0 Å². The SMILES string of the molecule is CC1CC(=O)N(Cc2cccnc2Cl)C1. The maximum atomic E-state index is 11.6. The fraction of sp³-hybridized carbons (Fsp3) is 0.455. The van der Waals surface area contributed by atoms with E-state index in [9.17, 15) is 4.79 Å². The van der Waals surface area contributed by atoms with Crippen LogP contribution in [0, 0.1) is 5.92 Å². The van der Waals surface area contributed by atoms with Crippen molar-refractivity contribution in [1.29, 1.82) is 0 Å². The largest absolute Gasteiger partial charge is 0.338 e. The number of halogens is 1. The van der Waals surface area contributed by atoms with E-state index in [1.54, 1.807) is 6.20 Å². The van der Waals surface area contributed by atoms with Gasteiger partial charge in [0.15, 0.2) is 0 Å². The maximum Gasteiger partial charge on any atom is 0.223 e. The Kier molecular flexibility index (Phi) is 2.91. The van der Waals surface area contributed by atoms with Crippen molar-refractivity contribution in [2.24, 2.45) is 5.92 Å². The van der Waals surface area contributed by atoms with Crippen molar-refractivity contribution in [3.63, 3.8) is 0 Å². The van der Waals surface area contributed by atoms with Crippen molar-refractivity contribution >= 4 is 17.5 Å². The van der Waals surface area contributed by atoms with E-state index in [1.165, 1.54) is 0 Å². The van der Waals surface area contributed by atoms with E-state index in [2.05, 4.69) is 11.9 Å². The minimum atomic E-state index is 0.211. The van der Waals surface area contributed by atoms with E-state index in [0.29, 0.717) is 24.0 Å². The Morgan fingerprint density at radius 1 is 1.67 bits per heavy atom. The monoisotopic (exact) mass is 224 g/mol. The highest BCUT2D eigenvalue weighted by Gasteiger charge is 2.26. The Morgan fingerprint density at radius 2 is 2.47 bits per heavy atom. The lowest BCUT2D eigenvalue weighted by Gasteiger charge is -2.16. The zero-order valence-corrected chi connectivity index (χ0v) is 9.37. The molecule has 1 aromatic rings. The van der Waals surface area contributed by atoms with Crippen LogP contribution in [0.3, 0.4) is 0 Å². The fourth-order valence-electron chi connectivity index (χ4n) is 1.87. The number of carbonyl (C=O) groups is 1. The van der Waals surface area contributed by atoms with Crippen LogP contribution in [0.2, 0.25) is 5.15 Å². The third kappa shape index (κ3) is 2.29. The molecule has 0 aliphatic carbocycles. The van der Waals surface area contributed by atoms with Crippen molar-refractivity contribution in [2.75, 3.05) is 6.54 Å². The van der Waals surface area contributed by atoms with Crippen molar-refractivity contribution < 1.29 is 4.79 Å². The van der Waals surface area contributed by atoms with Gasteiger partial charge in [-0.15, -0.1) is 0 Å². The molecule has 80 valence electrons. The van der Waals surface area contributed by atoms with Crippen LogP contribution < -0.4 is 0 Å². The summed E-state index contributed by atoms with van der Waals surface area (Å²) in [5.74, 6) is 0.662. The third-order valence-electron chi connectivity index (χ3n) is 2.61. The molecular formula is C11H13ClN2O. The average molecular weight is 225 g/mol. The molecule has 1 fully saturated rings. The highest BCUT2D eigenvalue weighted by Crippen LogP contribution is 2.21. The zero-order valence-electron chi connectivity index (χ0n) is 8.61. The van der Waals surface area contributed by atoms with E-state index < -0.39 is 0 Å². The molecule has 1 unspecified atom stereocenters. The minimum absolute atomic E-state index is 0.211. The molecule has 2 rings (SSSR count). The maximum absolute atomic E-state index is 11.6. The van der Waals surface area contributed by atoms with Crippen LogP contribution in [0.4, 0.5) is 0 Å². The third-order valence-corrected chi connectivity index (χ3v) is 2.95. The van der Waals surface area contributed by atoms with Gasteiger partial charge >= 0.3 is 0 Å². The van der Waals surface area contributed by atoms with Gasteiger partial charge in [0, 0.05) is 31.3 Å². The molecule has 4 heteroatoms. The first-order chi connectivity index (χ1) is 7.16. The zero-order chi connectivity index (χ0) is 10.8. The van der Waals surface area contributed by atoms with Crippen LogP contribution >= 0.6 is 11.6 Å². The first-order valence-corrected chi connectivity index (χ1v) is 5.42. The number of likely N-dealkylation sites (tertiary alicyclic amines) is 1. The lowest BCUT2D eigenvalue weighted by Crippen LogP contribution is -2.24. The van der Waals surface area contributed by atoms with E-state index in [-0.39, 0.29) is 5.91 Å². The van der Waals surface area contributed by atoms with Crippen molar-refractivity contribution in [3.8, 4) is 0 Å². The molecule has 1 saturated heterocycles. The summed E-state index contributed by atoms with van der Waals surface area (Å²) in [5.41, 5.74) is 0.918. The van der Waals surface area contributed by atoms with Crippen molar-refractivity contribution in [3.05, 3.63) is 29.0 Å². The predicted molar refractivity (Wildman–Crippen MR) is 58.4 cm³/mol. The Morgan fingerprint density at radius 3 is 3.07 bits per heavy atom. The first-order valence-electron chi connectivity index (χ1n) is 5.04. The number of hydrogen-bond donors (Lipinski definition) is 0. The summed E-state index contributed by atoms with van der Waals surface area (Å²) in [6, 6.07) is 3.75. The molecular weight excluding hydrogens is 212 g/mol. The first kappa shape index (κ1) is 10.4. The standard InChI is InChI=1S/C11H13ClN2O/c1-8-5-10(15)14(6-8)7-9-3-2-4-13-11(9)12/h2-4,8H,5-7H2,1H3. The van der Waals surface area contributed by atoms with Gasteiger partial charge in [0.25, 0.3) is 0 Å². The number of nitrogens with zero attached hydrogens (tertiary/aromatic N) is 2. The van der Waals surface area contributed by atoms with Gasteiger partial charge in [0.1, 0.15) is 5.15 Å². The Labute approximate surface area is 94.1 Å². The van der Waals surface area contributed by atoms with Crippen LogP contribution in [0.1, 0.15) is 18.9 Å². The molecule has 0 N–H and O–H groups in total. The highest BCUT2D eigenvalue weighted by atomic mass is 35.5. The number of pyridine rings is 1. The Balaban J connectivity index is 2.09. The second kappa shape index (κ2) is 4.19. The number of rotatable bonds is 2. The molecule has 0 aromatic carbocycles. The Hall–Kier alpha value is -1.09. The molecule has 1 amide bonds. The van der Waals surface area contributed by atoms with Crippen LogP contribution in [0.25, 0.3) is 0 Å². The summed E-state index contributed by atoms with van der Waals surface area (Å²) in [5, 5.41) is 0.491. The summed E-state index contributed by atoms with van der Waals surface area (Å²) in [4.78, 5) is 17.4. The van der Waals surface area contributed by atoms with E-state index in [0.717, 1.165) is 12.1 Å². The molecule has 1 aliphatic rings. The molecule has 0 spiro atoms. The van der Waals surface area contributed by atoms with Crippen LogP contribution in [0.5, 0.6) is 0 Å². The number of hydrogen-bond acceptors (Lipinski definition) is 2. The predicted octanol–water partition coefficient (Wildman–Crippen LogP) is 2.10.